The van der Waals surface area contributed by atoms with Crippen molar-refractivity contribution < 1.29 is 46.8 Å². The predicted molar refractivity (Wildman–Crippen MR) is 156 cm³/mol. The van der Waals surface area contributed by atoms with Crippen molar-refractivity contribution in [2.75, 3.05) is 20.3 Å². The Kier molecular flexibility index (Phi) is 10.3. The van der Waals surface area contributed by atoms with Gasteiger partial charge < -0.3 is 33.5 Å². The quantitative estimate of drug-likeness (QED) is 0.363. The monoisotopic (exact) mass is 690 g/mol. The summed E-state index contributed by atoms with van der Waals surface area (Å²) in [6.45, 7) is 19.8. The largest absolute Gasteiger partial charge is 1.00 e. The van der Waals surface area contributed by atoms with Crippen LogP contribution in [0.2, 0.25) is 0 Å². The number of aliphatic imine (C=N–C) groups is 1. The maximum Gasteiger partial charge on any atom is 0.373 e. The van der Waals surface area contributed by atoms with Gasteiger partial charge in [0.25, 0.3) is 0 Å². The molecule has 2 aromatic carbocycles. The van der Waals surface area contributed by atoms with E-state index in [-0.39, 0.29) is 46.7 Å². The maximum atomic E-state index is 14.6. The molecular formula is C33H41F2IN4O2. The van der Waals surface area contributed by atoms with Gasteiger partial charge in [0.05, 0.1) is 34.1 Å². The van der Waals surface area contributed by atoms with E-state index in [9.17, 15) is 14.0 Å². The van der Waals surface area contributed by atoms with Crippen LogP contribution in [0.15, 0.2) is 29.3 Å². The van der Waals surface area contributed by atoms with Crippen LogP contribution in [0.25, 0.3) is 0 Å². The molecule has 2 aromatic rings. The Morgan fingerprint density at radius 1 is 0.810 bits per heavy atom. The first-order valence-electron chi connectivity index (χ1n) is 13.7. The normalized spacial score (nSPS) is 17.1. The molecule has 0 aromatic heterocycles. The van der Waals surface area contributed by atoms with E-state index < -0.39 is 10.8 Å². The summed E-state index contributed by atoms with van der Waals surface area (Å²) in [6, 6.07) is 10.9. The summed E-state index contributed by atoms with van der Waals surface area (Å²) in [5, 5.41) is 18.4. The highest BCUT2D eigenvalue weighted by atomic mass is 127. The highest BCUT2D eigenvalue weighted by molar-refractivity contribution is 5.97. The van der Waals surface area contributed by atoms with Gasteiger partial charge in [-0.1, -0.05) is 12.1 Å². The molecule has 0 spiro atoms. The second-order valence-corrected chi connectivity index (χ2v) is 13.3. The van der Waals surface area contributed by atoms with Gasteiger partial charge in [0.1, 0.15) is 30.9 Å². The average molecular weight is 691 g/mol. The molecule has 0 atom stereocenters. The SMILES string of the molecule is Cc1cc(C(C)(C)C#N)cc(F)c1C1=NC(C)(C)CO1.Cc1cc(C(C)(C)C#N)cc(F)c1C1=[N+](C)C(C)(C)CO1.[I-]. The summed E-state index contributed by atoms with van der Waals surface area (Å²) < 4.78 is 42.2. The predicted octanol–water partition coefficient (Wildman–Crippen LogP) is 3.63. The van der Waals surface area contributed by atoms with Crippen LogP contribution in [0.3, 0.4) is 0 Å². The first kappa shape index (κ1) is 35.1. The van der Waals surface area contributed by atoms with Gasteiger partial charge in [-0.25, -0.2) is 13.8 Å². The summed E-state index contributed by atoms with van der Waals surface area (Å²) >= 11 is 0. The minimum absolute atomic E-state index is 0. The number of aryl methyl sites for hydroxylation is 2. The first-order chi connectivity index (χ1) is 18.8. The van der Waals surface area contributed by atoms with Crippen molar-refractivity contribution >= 4 is 11.8 Å². The van der Waals surface area contributed by atoms with Gasteiger partial charge in [0.15, 0.2) is 12.1 Å². The lowest BCUT2D eigenvalue weighted by Gasteiger charge is -2.18. The number of ether oxygens (including phenoxy) is 2. The summed E-state index contributed by atoms with van der Waals surface area (Å²) in [6.07, 6.45) is 0. The minimum Gasteiger partial charge on any atom is -1.00 e. The molecule has 4 rings (SSSR count). The molecule has 0 N–H and O–H groups in total. The third-order valence-corrected chi connectivity index (χ3v) is 7.75. The molecule has 226 valence electrons. The van der Waals surface area contributed by atoms with Crippen molar-refractivity contribution in [2.24, 2.45) is 4.99 Å². The average Bonchev–Trinajstić information content (AvgIpc) is 3.36. The summed E-state index contributed by atoms with van der Waals surface area (Å²) in [5.41, 5.74) is 1.85. The number of likely N-dealkylation sites (N-methyl/N-ethyl adjacent to an activating group) is 1. The lowest BCUT2D eigenvalue weighted by atomic mass is 9.84. The van der Waals surface area contributed by atoms with Crippen LogP contribution < -0.4 is 24.0 Å². The number of halogens is 3. The fourth-order valence-electron chi connectivity index (χ4n) is 4.55. The molecule has 0 amide bonds. The van der Waals surface area contributed by atoms with Gasteiger partial charge in [-0.2, -0.15) is 15.1 Å². The molecule has 6 nitrogen and oxygen atoms in total. The molecular weight excluding hydrogens is 649 g/mol. The molecule has 0 bridgehead atoms. The van der Waals surface area contributed by atoms with Gasteiger partial charge in [0.2, 0.25) is 5.90 Å². The highest BCUT2D eigenvalue weighted by Gasteiger charge is 2.42. The second kappa shape index (κ2) is 12.3. The summed E-state index contributed by atoms with van der Waals surface area (Å²) in [7, 11) is 1.91. The Morgan fingerprint density at radius 3 is 1.60 bits per heavy atom. The Hall–Kier alpha value is -3.05. The van der Waals surface area contributed by atoms with Crippen LogP contribution >= 0.6 is 0 Å². The molecule has 2 aliphatic heterocycles. The maximum absolute atomic E-state index is 14.6. The van der Waals surface area contributed by atoms with E-state index in [1.165, 1.54) is 12.1 Å². The van der Waals surface area contributed by atoms with Crippen LogP contribution in [-0.4, -0.2) is 47.7 Å². The molecule has 0 unspecified atom stereocenters. The van der Waals surface area contributed by atoms with Gasteiger partial charge in [0, 0.05) is 13.8 Å². The van der Waals surface area contributed by atoms with E-state index >= 15 is 0 Å². The standard InChI is InChI=1S/C17H22FN2O.C16H19FN2O.HI/c1-11-7-12(16(2,3)9-19)8-13(18)14(11)15-20(6)17(4,5)10-21-15;1-10-6-11(15(2,3)8-18)7-12(17)13(10)14-19-16(4,5)9-20-14;/h7-8H,10H2,1-6H3;6-7H,9H2,1-5H3;1H/q+1;;/p-1. The smallest absolute Gasteiger partial charge is 0.373 e. The van der Waals surface area contributed by atoms with Crippen LogP contribution in [0.4, 0.5) is 8.78 Å². The third-order valence-electron chi connectivity index (χ3n) is 7.75. The van der Waals surface area contributed by atoms with Crippen LogP contribution in [0.5, 0.6) is 0 Å². The summed E-state index contributed by atoms with van der Waals surface area (Å²) in [4.78, 5) is 4.41. The number of nitrogens with zero attached hydrogens (tertiary/aromatic N) is 4. The van der Waals surface area contributed by atoms with Gasteiger partial charge in [-0.05, 0) is 89.8 Å². The number of rotatable bonds is 4. The molecule has 0 fully saturated rings. The summed E-state index contributed by atoms with van der Waals surface area (Å²) in [5.74, 6) is 0.190. The van der Waals surface area contributed by atoms with E-state index in [2.05, 4.69) is 31.0 Å². The number of benzene rings is 2. The van der Waals surface area contributed by atoms with E-state index in [1.807, 2.05) is 51.5 Å². The van der Waals surface area contributed by atoms with Crippen molar-refractivity contribution in [3.63, 3.8) is 0 Å². The van der Waals surface area contributed by atoms with Gasteiger partial charge in [-0.3, -0.25) is 0 Å². The minimum atomic E-state index is -0.720. The van der Waals surface area contributed by atoms with E-state index in [4.69, 9.17) is 14.7 Å². The zero-order valence-electron chi connectivity index (χ0n) is 26.5. The van der Waals surface area contributed by atoms with E-state index in [0.29, 0.717) is 47.3 Å². The number of hydrogen-bond donors (Lipinski definition) is 0. The molecule has 0 radical (unpaired) electrons. The second-order valence-electron chi connectivity index (χ2n) is 13.3. The Bertz CT molecular complexity index is 1480. The van der Waals surface area contributed by atoms with Crippen molar-refractivity contribution in [3.05, 3.63) is 69.3 Å². The van der Waals surface area contributed by atoms with E-state index in [1.54, 1.807) is 27.7 Å². The molecule has 2 aliphatic rings. The van der Waals surface area contributed by atoms with Crippen molar-refractivity contribution in [2.45, 2.75) is 91.1 Å². The van der Waals surface area contributed by atoms with Gasteiger partial charge >= 0.3 is 5.90 Å². The highest BCUT2D eigenvalue weighted by Crippen LogP contribution is 2.31. The van der Waals surface area contributed by atoms with Crippen molar-refractivity contribution in [1.29, 1.82) is 10.5 Å². The molecule has 0 aliphatic carbocycles. The Morgan fingerprint density at radius 2 is 1.26 bits per heavy atom. The fraction of sp³-hybridized carbons (Fsp3) is 0.515. The van der Waals surface area contributed by atoms with Crippen LogP contribution in [0, 0.1) is 48.1 Å². The van der Waals surface area contributed by atoms with Crippen LogP contribution in [-0.2, 0) is 20.3 Å². The fourth-order valence-corrected chi connectivity index (χ4v) is 4.55. The molecule has 0 saturated heterocycles. The zero-order valence-corrected chi connectivity index (χ0v) is 28.6. The van der Waals surface area contributed by atoms with Crippen molar-refractivity contribution in [1.82, 2.24) is 0 Å². The van der Waals surface area contributed by atoms with Gasteiger partial charge in [-0.15, -0.1) is 0 Å². The Labute approximate surface area is 266 Å². The molecule has 42 heavy (non-hydrogen) atoms. The lowest BCUT2D eigenvalue weighted by Crippen LogP contribution is -3.00. The van der Waals surface area contributed by atoms with E-state index in [0.717, 1.165) is 11.1 Å². The third kappa shape index (κ3) is 7.11. The topological polar surface area (TPSA) is 81.4 Å². The van der Waals surface area contributed by atoms with Crippen LogP contribution in [0.1, 0.15) is 88.8 Å². The Balaban J connectivity index is 0.000000287. The zero-order chi connectivity index (χ0) is 31.1. The number of nitriles is 2. The molecule has 2 heterocycles. The lowest BCUT2D eigenvalue weighted by molar-refractivity contribution is -0.562. The van der Waals surface area contributed by atoms with Crippen molar-refractivity contribution in [3.8, 4) is 12.1 Å². The number of hydrogen-bond acceptors (Lipinski definition) is 5. The first-order valence-corrected chi connectivity index (χ1v) is 13.7. The molecule has 9 heteroatoms. The molecule has 0 saturated carbocycles.